The summed E-state index contributed by atoms with van der Waals surface area (Å²) in [6.45, 7) is 0. The molecule has 0 aliphatic carbocycles. The number of aromatic amines is 1. The highest BCUT2D eigenvalue weighted by Crippen LogP contribution is 2.27. The standard InChI is InChI=1S/C9H10Cl2N2O3/c10-3-5-1-2-7(16-5)13-4-6(11)8(14)12-9(13)15/h4-5,7H,1-3H2,(H,12,14,15)/t5-,7-/m1/s1. The molecule has 0 unspecified atom stereocenters. The molecule has 1 aromatic heterocycles. The highest BCUT2D eigenvalue weighted by molar-refractivity contribution is 6.30. The van der Waals surface area contributed by atoms with Gasteiger partial charge in [-0.1, -0.05) is 11.6 Å². The molecular weight excluding hydrogens is 255 g/mol. The van der Waals surface area contributed by atoms with E-state index < -0.39 is 17.5 Å². The molecule has 1 fully saturated rings. The van der Waals surface area contributed by atoms with E-state index in [-0.39, 0.29) is 11.1 Å². The Morgan fingerprint density at radius 3 is 2.88 bits per heavy atom. The van der Waals surface area contributed by atoms with E-state index in [1.54, 1.807) is 0 Å². The number of halogens is 2. The van der Waals surface area contributed by atoms with Gasteiger partial charge in [0.15, 0.2) is 0 Å². The highest BCUT2D eigenvalue weighted by Gasteiger charge is 2.26. The van der Waals surface area contributed by atoms with Crippen LogP contribution in [0.4, 0.5) is 0 Å². The second-order valence-electron chi connectivity index (χ2n) is 3.59. The van der Waals surface area contributed by atoms with Crippen molar-refractivity contribution in [1.29, 1.82) is 0 Å². The molecule has 2 atom stereocenters. The van der Waals surface area contributed by atoms with Crippen LogP contribution in [0.3, 0.4) is 0 Å². The summed E-state index contributed by atoms with van der Waals surface area (Å²) < 4.78 is 6.81. The first-order chi connectivity index (χ1) is 7.61. The summed E-state index contributed by atoms with van der Waals surface area (Å²) in [6.07, 6.45) is 2.32. The first kappa shape index (κ1) is 11.7. The van der Waals surface area contributed by atoms with Crippen LogP contribution in [0.2, 0.25) is 5.02 Å². The lowest BCUT2D eigenvalue weighted by Gasteiger charge is -2.14. The second kappa shape index (κ2) is 4.61. The van der Waals surface area contributed by atoms with Crippen LogP contribution in [0.25, 0.3) is 0 Å². The monoisotopic (exact) mass is 264 g/mol. The second-order valence-corrected chi connectivity index (χ2v) is 4.30. The Morgan fingerprint density at radius 1 is 1.50 bits per heavy atom. The van der Waals surface area contributed by atoms with Gasteiger partial charge in [0.25, 0.3) is 5.56 Å². The van der Waals surface area contributed by atoms with E-state index in [2.05, 4.69) is 4.98 Å². The topological polar surface area (TPSA) is 64.1 Å². The molecule has 0 radical (unpaired) electrons. The molecule has 0 amide bonds. The summed E-state index contributed by atoms with van der Waals surface area (Å²) in [7, 11) is 0. The molecule has 2 heterocycles. The predicted octanol–water partition coefficient (Wildman–Crippen LogP) is 1.11. The van der Waals surface area contributed by atoms with E-state index in [9.17, 15) is 9.59 Å². The highest BCUT2D eigenvalue weighted by atomic mass is 35.5. The quantitative estimate of drug-likeness (QED) is 0.814. The van der Waals surface area contributed by atoms with Crippen LogP contribution in [0.15, 0.2) is 15.8 Å². The van der Waals surface area contributed by atoms with Gasteiger partial charge in [0.2, 0.25) is 0 Å². The molecule has 1 aliphatic heterocycles. The lowest BCUT2D eigenvalue weighted by molar-refractivity contribution is 0.00946. The summed E-state index contributed by atoms with van der Waals surface area (Å²) in [5, 5.41) is -0.0301. The lowest BCUT2D eigenvalue weighted by Crippen LogP contribution is -2.32. The Bertz CT molecular complexity index is 496. The molecule has 1 aromatic rings. The van der Waals surface area contributed by atoms with Crippen LogP contribution < -0.4 is 11.2 Å². The van der Waals surface area contributed by atoms with E-state index in [0.717, 1.165) is 6.42 Å². The fourth-order valence-corrected chi connectivity index (χ4v) is 2.06. The number of nitrogens with zero attached hydrogens (tertiary/aromatic N) is 1. The van der Waals surface area contributed by atoms with Gasteiger partial charge in [-0.3, -0.25) is 14.3 Å². The molecule has 88 valence electrons. The summed E-state index contributed by atoms with van der Waals surface area (Å²) in [4.78, 5) is 24.7. The number of H-pyrrole nitrogens is 1. The Hall–Kier alpha value is -0.780. The number of aromatic nitrogens is 2. The first-order valence-corrected chi connectivity index (χ1v) is 5.75. The van der Waals surface area contributed by atoms with Crippen LogP contribution in [0.1, 0.15) is 19.1 Å². The van der Waals surface area contributed by atoms with Crippen LogP contribution in [-0.2, 0) is 4.74 Å². The van der Waals surface area contributed by atoms with Crippen molar-refractivity contribution in [3.63, 3.8) is 0 Å². The number of hydrogen-bond donors (Lipinski definition) is 1. The Kier molecular flexibility index (Phi) is 3.37. The van der Waals surface area contributed by atoms with E-state index in [1.165, 1.54) is 10.8 Å². The maximum absolute atomic E-state index is 11.5. The average Bonchev–Trinajstić information content (AvgIpc) is 2.71. The lowest BCUT2D eigenvalue weighted by atomic mass is 10.2. The molecule has 0 bridgehead atoms. The first-order valence-electron chi connectivity index (χ1n) is 4.84. The van der Waals surface area contributed by atoms with Gasteiger partial charge in [-0.2, -0.15) is 0 Å². The number of nitrogens with one attached hydrogen (secondary N) is 1. The van der Waals surface area contributed by atoms with Gasteiger partial charge in [0.1, 0.15) is 11.3 Å². The Morgan fingerprint density at radius 2 is 2.25 bits per heavy atom. The van der Waals surface area contributed by atoms with Gasteiger partial charge < -0.3 is 4.74 Å². The summed E-state index contributed by atoms with van der Waals surface area (Å²) in [5.74, 6) is 0.391. The van der Waals surface area contributed by atoms with Crippen molar-refractivity contribution in [3.8, 4) is 0 Å². The smallest absolute Gasteiger partial charge is 0.330 e. The van der Waals surface area contributed by atoms with E-state index in [0.29, 0.717) is 12.3 Å². The molecule has 0 saturated carbocycles. The molecule has 1 N–H and O–H groups in total. The third-order valence-electron chi connectivity index (χ3n) is 2.49. The van der Waals surface area contributed by atoms with Crippen LogP contribution in [0, 0.1) is 0 Å². The maximum atomic E-state index is 11.5. The van der Waals surface area contributed by atoms with E-state index in [4.69, 9.17) is 27.9 Å². The molecule has 1 aliphatic rings. The van der Waals surface area contributed by atoms with Crippen LogP contribution in [0.5, 0.6) is 0 Å². The fraction of sp³-hybridized carbons (Fsp3) is 0.556. The van der Waals surface area contributed by atoms with Crippen molar-refractivity contribution in [1.82, 2.24) is 9.55 Å². The normalized spacial score (nSPS) is 24.9. The molecule has 2 rings (SSSR count). The van der Waals surface area contributed by atoms with E-state index in [1.807, 2.05) is 0 Å². The van der Waals surface area contributed by atoms with Crippen molar-refractivity contribution in [3.05, 3.63) is 32.1 Å². The zero-order valence-corrected chi connectivity index (χ0v) is 9.79. The van der Waals surface area contributed by atoms with Crippen molar-refractivity contribution in [2.45, 2.75) is 25.2 Å². The van der Waals surface area contributed by atoms with Crippen LogP contribution in [-0.4, -0.2) is 21.5 Å². The Labute approximate surface area is 101 Å². The number of alkyl halides is 1. The SMILES string of the molecule is O=c1[nH]c(=O)n([C@H]2CC[C@H](CCl)O2)cc1Cl. The minimum absolute atomic E-state index is 0.0301. The largest absolute Gasteiger partial charge is 0.353 e. The van der Waals surface area contributed by atoms with Gasteiger partial charge in [-0.05, 0) is 12.8 Å². The van der Waals surface area contributed by atoms with Gasteiger partial charge in [-0.25, -0.2) is 4.79 Å². The molecule has 0 aromatic carbocycles. The average molecular weight is 265 g/mol. The zero-order valence-electron chi connectivity index (χ0n) is 8.28. The van der Waals surface area contributed by atoms with Gasteiger partial charge >= 0.3 is 5.69 Å². The minimum atomic E-state index is -0.588. The van der Waals surface area contributed by atoms with Gasteiger partial charge in [-0.15, -0.1) is 11.6 Å². The summed E-state index contributed by atoms with van der Waals surface area (Å²) in [5.41, 5.74) is -1.11. The molecule has 16 heavy (non-hydrogen) atoms. The summed E-state index contributed by atoms with van der Waals surface area (Å²) >= 11 is 11.3. The number of hydrogen-bond acceptors (Lipinski definition) is 3. The predicted molar refractivity (Wildman–Crippen MR) is 60.2 cm³/mol. The van der Waals surface area contributed by atoms with Crippen molar-refractivity contribution in [2.75, 3.05) is 5.88 Å². The molecule has 5 nitrogen and oxygen atoms in total. The number of ether oxygens (including phenoxy) is 1. The third kappa shape index (κ3) is 2.16. The fourth-order valence-electron chi connectivity index (χ4n) is 1.68. The van der Waals surface area contributed by atoms with Gasteiger partial charge in [0, 0.05) is 12.1 Å². The molecule has 0 spiro atoms. The van der Waals surface area contributed by atoms with E-state index >= 15 is 0 Å². The van der Waals surface area contributed by atoms with Crippen LogP contribution >= 0.6 is 23.2 Å². The Balaban J connectivity index is 2.32. The van der Waals surface area contributed by atoms with Gasteiger partial charge in [0.05, 0.1) is 6.10 Å². The van der Waals surface area contributed by atoms with Crippen molar-refractivity contribution >= 4 is 23.2 Å². The zero-order chi connectivity index (χ0) is 11.7. The molecule has 1 saturated heterocycles. The minimum Gasteiger partial charge on any atom is -0.353 e. The third-order valence-corrected chi connectivity index (χ3v) is 3.11. The molecular formula is C9H10Cl2N2O3. The molecule has 7 heteroatoms. The maximum Gasteiger partial charge on any atom is 0.330 e. The van der Waals surface area contributed by atoms with Crippen molar-refractivity contribution in [2.24, 2.45) is 0 Å². The summed E-state index contributed by atoms with van der Waals surface area (Å²) in [6, 6.07) is 0. The van der Waals surface area contributed by atoms with Crippen molar-refractivity contribution < 1.29 is 4.74 Å². The number of rotatable bonds is 2.